The third kappa shape index (κ3) is 3.17. The van der Waals surface area contributed by atoms with Gasteiger partial charge in [0.2, 0.25) is 15.9 Å². The van der Waals surface area contributed by atoms with Gasteiger partial charge < -0.3 is 10.2 Å². The molecule has 9 heteroatoms. The average molecular weight is 364 g/mol. The fourth-order valence-electron chi connectivity index (χ4n) is 1.50. The second-order valence-corrected chi connectivity index (χ2v) is 6.59. The van der Waals surface area contributed by atoms with Crippen molar-refractivity contribution in [1.82, 2.24) is 9.71 Å². The van der Waals surface area contributed by atoms with E-state index in [2.05, 4.69) is 25.6 Å². The summed E-state index contributed by atoms with van der Waals surface area (Å²) < 4.78 is 45.2. The number of rotatable bonds is 4. The fourth-order valence-corrected chi connectivity index (χ4v) is 3.21. The van der Waals surface area contributed by atoms with Crippen molar-refractivity contribution in [2.45, 2.75) is 18.4 Å². The van der Waals surface area contributed by atoms with Crippen LogP contribution in [0, 0.1) is 12.7 Å². The monoisotopic (exact) mass is 363 g/mol. The van der Waals surface area contributed by atoms with Gasteiger partial charge in [-0.3, -0.25) is 0 Å². The van der Waals surface area contributed by atoms with Crippen LogP contribution >= 0.6 is 15.9 Å². The standard InChI is InChI=1S/C11H11BrFN3O3S/c1-6-4-15-10(19-6)5-16-20(17,18)9-3-7(14)2-8(12)11(9)13/h2-4,16H,5,14H2,1H3. The lowest BCUT2D eigenvalue weighted by Gasteiger charge is -2.08. The van der Waals surface area contributed by atoms with Gasteiger partial charge in [-0.2, -0.15) is 0 Å². The van der Waals surface area contributed by atoms with E-state index >= 15 is 0 Å². The van der Waals surface area contributed by atoms with Gasteiger partial charge in [0.25, 0.3) is 0 Å². The molecule has 0 aliphatic rings. The Morgan fingerprint density at radius 2 is 2.20 bits per heavy atom. The predicted molar refractivity (Wildman–Crippen MR) is 73.8 cm³/mol. The Kier molecular flexibility index (Phi) is 4.11. The first-order chi connectivity index (χ1) is 9.29. The zero-order valence-electron chi connectivity index (χ0n) is 10.4. The number of nitrogens with zero attached hydrogens (tertiary/aromatic N) is 1. The third-order valence-electron chi connectivity index (χ3n) is 2.39. The Morgan fingerprint density at radius 1 is 1.50 bits per heavy atom. The summed E-state index contributed by atoms with van der Waals surface area (Å²) in [5, 5.41) is 0. The molecule has 0 amide bonds. The van der Waals surface area contributed by atoms with Crippen LogP contribution in [0.5, 0.6) is 0 Å². The molecule has 0 saturated carbocycles. The summed E-state index contributed by atoms with van der Waals surface area (Å²) in [6, 6.07) is 2.33. The molecular weight excluding hydrogens is 353 g/mol. The van der Waals surface area contributed by atoms with E-state index in [1.54, 1.807) is 6.92 Å². The lowest BCUT2D eigenvalue weighted by molar-refractivity contribution is 0.462. The van der Waals surface area contributed by atoms with Gasteiger partial charge in [0.05, 0.1) is 17.2 Å². The molecule has 0 radical (unpaired) electrons. The maximum Gasteiger partial charge on any atom is 0.244 e. The SMILES string of the molecule is Cc1cnc(CNS(=O)(=O)c2cc(N)cc(Br)c2F)o1. The molecule has 6 nitrogen and oxygen atoms in total. The first kappa shape index (κ1) is 14.9. The Bertz CT molecular complexity index is 745. The average Bonchev–Trinajstić information content (AvgIpc) is 2.77. The molecule has 108 valence electrons. The first-order valence-corrected chi connectivity index (χ1v) is 7.72. The van der Waals surface area contributed by atoms with Crippen molar-refractivity contribution in [3.05, 3.63) is 40.3 Å². The predicted octanol–water partition coefficient (Wildman–Crippen LogP) is 1.95. The summed E-state index contributed by atoms with van der Waals surface area (Å²) in [6.45, 7) is 1.50. The number of nitrogen functional groups attached to an aromatic ring is 1. The molecule has 3 N–H and O–H groups in total. The van der Waals surface area contributed by atoms with E-state index in [0.29, 0.717) is 5.76 Å². The van der Waals surface area contributed by atoms with Gasteiger partial charge in [-0.1, -0.05) is 0 Å². The number of hydrogen-bond acceptors (Lipinski definition) is 5. The molecule has 2 rings (SSSR count). The minimum Gasteiger partial charge on any atom is -0.445 e. The number of hydrogen-bond donors (Lipinski definition) is 2. The molecule has 0 atom stereocenters. The smallest absolute Gasteiger partial charge is 0.244 e. The van der Waals surface area contributed by atoms with Crippen LogP contribution < -0.4 is 10.5 Å². The maximum absolute atomic E-state index is 13.8. The van der Waals surface area contributed by atoms with Crippen LogP contribution in [0.1, 0.15) is 11.7 Å². The third-order valence-corrected chi connectivity index (χ3v) is 4.37. The molecule has 0 unspecified atom stereocenters. The highest BCUT2D eigenvalue weighted by Gasteiger charge is 2.22. The number of sulfonamides is 1. The Labute approximate surface area is 123 Å². The number of oxazole rings is 1. The first-order valence-electron chi connectivity index (χ1n) is 5.45. The van der Waals surface area contributed by atoms with Crippen LogP contribution in [0.3, 0.4) is 0 Å². The topological polar surface area (TPSA) is 98.2 Å². The Hall–Kier alpha value is -1.45. The number of benzene rings is 1. The van der Waals surface area contributed by atoms with Crippen molar-refractivity contribution >= 4 is 31.6 Å². The summed E-state index contributed by atoms with van der Waals surface area (Å²) in [6.07, 6.45) is 1.46. The van der Waals surface area contributed by atoms with E-state index < -0.39 is 20.7 Å². The number of aromatic nitrogens is 1. The van der Waals surface area contributed by atoms with E-state index in [9.17, 15) is 12.8 Å². The number of nitrogens with two attached hydrogens (primary N) is 1. The van der Waals surface area contributed by atoms with Crippen LogP contribution in [0.25, 0.3) is 0 Å². The lowest BCUT2D eigenvalue weighted by atomic mass is 10.3. The van der Waals surface area contributed by atoms with Crippen molar-refractivity contribution in [2.75, 3.05) is 5.73 Å². The molecule has 1 heterocycles. The molecule has 1 aromatic heterocycles. The summed E-state index contributed by atoms with van der Waals surface area (Å²) in [5.41, 5.74) is 5.65. The molecule has 1 aromatic carbocycles. The van der Waals surface area contributed by atoms with Crippen molar-refractivity contribution in [3.63, 3.8) is 0 Å². The van der Waals surface area contributed by atoms with Crippen molar-refractivity contribution < 1.29 is 17.2 Å². The highest BCUT2D eigenvalue weighted by atomic mass is 79.9. The van der Waals surface area contributed by atoms with E-state index in [4.69, 9.17) is 10.2 Å². The zero-order valence-corrected chi connectivity index (χ0v) is 12.8. The highest BCUT2D eigenvalue weighted by Crippen LogP contribution is 2.26. The van der Waals surface area contributed by atoms with E-state index in [-0.39, 0.29) is 22.6 Å². The lowest BCUT2D eigenvalue weighted by Crippen LogP contribution is -2.24. The van der Waals surface area contributed by atoms with Crippen molar-refractivity contribution in [3.8, 4) is 0 Å². The number of nitrogens with one attached hydrogen (secondary N) is 1. The van der Waals surface area contributed by atoms with Gasteiger partial charge in [0, 0.05) is 5.69 Å². The van der Waals surface area contributed by atoms with Crippen LogP contribution in [-0.2, 0) is 16.6 Å². The van der Waals surface area contributed by atoms with Gasteiger partial charge in [0.1, 0.15) is 10.7 Å². The van der Waals surface area contributed by atoms with Gasteiger partial charge in [0.15, 0.2) is 5.82 Å². The van der Waals surface area contributed by atoms with E-state index in [1.165, 1.54) is 12.3 Å². The molecule has 0 aliphatic heterocycles. The van der Waals surface area contributed by atoms with Crippen LogP contribution in [0.2, 0.25) is 0 Å². The summed E-state index contributed by atoms with van der Waals surface area (Å²) >= 11 is 2.91. The fraction of sp³-hybridized carbons (Fsp3) is 0.182. The zero-order chi connectivity index (χ0) is 14.9. The Balaban J connectivity index is 2.27. The molecule has 0 bridgehead atoms. The number of halogens is 2. The summed E-state index contributed by atoms with van der Waals surface area (Å²) in [5.74, 6) is -0.165. The van der Waals surface area contributed by atoms with E-state index in [1.807, 2.05) is 0 Å². The second-order valence-electron chi connectivity index (χ2n) is 4.00. The highest BCUT2D eigenvalue weighted by molar-refractivity contribution is 9.10. The molecular formula is C11H11BrFN3O3S. The molecule has 20 heavy (non-hydrogen) atoms. The molecule has 0 spiro atoms. The van der Waals surface area contributed by atoms with E-state index in [0.717, 1.165) is 6.07 Å². The quantitative estimate of drug-likeness (QED) is 0.808. The molecule has 0 fully saturated rings. The largest absolute Gasteiger partial charge is 0.445 e. The minimum absolute atomic E-state index is 0.0233. The van der Waals surface area contributed by atoms with Crippen LogP contribution in [0.15, 0.2) is 32.1 Å². The molecule has 0 saturated heterocycles. The van der Waals surface area contributed by atoms with Crippen molar-refractivity contribution in [2.24, 2.45) is 0 Å². The van der Waals surface area contributed by atoms with Gasteiger partial charge in [-0.05, 0) is 35.0 Å². The Morgan fingerprint density at radius 3 is 2.80 bits per heavy atom. The van der Waals surface area contributed by atoms with Gasteiger partial charge >= 0.3 is 0 Å². The summed E-state index contributed by atoms with van der Waals surface area (Å²) in [7, 11) is -4.06. The molecule has 0 aliphatic carbocycles. The second kappa shape index (κ2) is 5.51. The number of aryl methyl sites for hydroxylation is 1. The molecule has 2 aromatic rings. The van der Waals surface area contributed by atoms with Gasteiger partial charge in [-0.15, -0.1) is 0 Å². The normalized spacial score (nSPS) is 11.8. The minimum atomic E-state index is -4.06. The van der Waals surface area contributed by atoms with Crippen molar-refractivity contribution in [1.29, 1.82) is 0 Å². The van der Waals surface area contributed by atoms with Crippen LogP contribution in [-0.4, -0.2) is 13.4 Å². The maximum atomic E-state index is 13.8. The van der Waals surface area contributed by atoms with Crippen LogP contribution in [0.4, 0.5) is 10.1 Å². The number of anilines is 1. The van der Waals surface area contributed by atoms with Gasteiger partial charge in [-0.25, -0.2) is 22.5 Å². The summed E-state index contributed by atoms with van der Waals surface area (Å²) in [4.78, 5) is 3.31.